The fourth-order valence-corrected chi connectivity index (χ4v) is 4.43. The van der Waals surface area contributed by atoms with Crippen LogP contribution in [-0.4, -0.2) is 51.7 Å². The highest BCUT2D eigenvalue weighted by molar-refractivity contribution is 7.98. The Labute approximate surface area is 166 Å². The van der Waals surface area contributed by atoms with E-state index in [2.05, 4.69) is 27.7 Å². The molecule has 0 radical (unpaired) electrons. The van der Waals surface area contributed by atoms with E-state index in [9.17, 15) is 0 Å². The van der Waals surface area contributed by atoms with Crippen molar-refractivity contribution in [3.8, 4) is 0 Å². The molecule has 4 heterocycles. The molecule has 0 amide bonds. The molecule has 2 aliphatic heterocycles. The molecule has 0 aliphatic carbocycles. The van der Waals surface area contributed by atoms with Crippen molar-refractivity contribution in [2.24, 2.45) is 0 Å². The van der Waals surface area contributed by atoms with Crippen LogP contribution in [0.1, 0.15) is 17.4 Å². The predicted molar refractivity (Wildman–Crippen MR) is 99.6 cm³/mol. The number of hydrogen-bond acceptors (Lipinski definition) is 8. The van der Waals surface area contributed by atoms with Crippen LogP contribution in [0.4, 0.5) is 0 Å². The topological polar surface area (TPSA) is 84.4 Å². The van der Waals surface area contributed by atoms with E-state index in [-0.39, 0.29) is 24.4 Å². The zero-order chi connectivity index (χ0) is 18.8. The highest BCUT2D eigenvalue weighted by Crippen LogP contribution is 2.37. The summed E-state index contributed by atoms with van der Waals surface area (Å²) in [5.74, 6) is 1.55. The maximum Gasteiger partial charge on any atom is 0.210 e. The zero-order valence-corrected chi connectivity index (χ0v) is 15.9. The quantitative estimate of drug-likeness (QED) is 0.559. The highest BCUT2D eigenvalue weighted by atomic mass is 32.2. The molecule has 2 aromatic heterocycles. The molecule has 146 valence electrons. The Morgan fingerprint density at radius 1 is 1.07 bits per heavy atom. The van der Waals surface area contributed by atoms with Crippen molar-refractivity contribution in [2.45, 2.75) is 41.9 Å². The molecule has 9 heteroatoms. The second kappa shape index (κ2) is 8.04. The van der Waals surface area contributed by atoms with Gasteiger partial charge in [0, 0.05) is 0 Å². The molecule has 1 aromatic carbocycles. The minimum atomic E-state index is -0.118. The van der Waals surface area contributed by atoms with Crippen molar-refractivity contribution in [3.63, 3.8) is 0 Å². The average Bonchev–Trinajstić information content (AvgIpc) is 3.50. The van der Waals surface area contributed by atoms with Crippen LogP contribution in [0.2, 0.25) is 0 Å². The van der Waals surface area contributed by atoms with Crippen LogP contribution in [0.3, 0.4) is 0 Å². The molecule has 0 saturated carbocycles. The summed E-state index contributed by atoms with van der Waals surface area (Å²) in [6.45, 7) is 1.55. The van der Waals surface area contributed by atoms with Crippen LogP contribution < -0.4 is 0 Å². The van der Waals surface area contributed by atoms with Crippen LogP contribution in [0.25, 0.3) is 0 Å². The number of aromatic nitrogens is 4. The highest BCUT2D eigenvalue weighted by Gasteiger charge is 2.50. The zero-order valence-electron chi connectivity index (χ0n) is 15.1. The molecule has 8 nitrogen and oxygen atoms in total. The second-order valence-electron chi connectivity index (χ2n) is 6.77. The van der Waals surface area contributed by atoms with Gasteiger partial charge in [0.15, 0.2) is 0 Å². The van der Waals surface area contributed by atoms with Gasteiger partial charge in [-0.05, 0) is 28.1 Å². The lowest BCUT2D eigenvalue weighted by Crippen LogP contribution is -2.32. The summed E-state index contributed by atoms with van der Waals surface area (Å²) in [7, 11) is 0. The fraction of sp³-hybridized carbons (Fsp3) is 0.421. The Balaban J connectivity index is 1.22. The summed E-state index contributed by atoms with van der Waals surface area (Å²) in [6, 6.07) is 13.9. The number of thioether (sulfide) groups is 1. The van der Waals surface area contributed by atoms with Gasteiger partial charge in [0.05, 0.1) is 31.8 Å². The van der Waals surface area contributed by atoms with Crippen LogP contribution in [0, 0.1) is 0 Å². The third-order valence-corrected chi connectivity index (χ3v) is 5.94. The molecule has 0 bridgehead atoms. The molecular formula is C19H20N4O4S. The average molecular weight is 400 g/mol. The van der Waals surface area contributed by atoms with E-state index in [1.54, 1.807) is 10.9 Å². The first-order valence-corrected chi connectivity index (χ1v) is 10.2. The standard InChI is InChI=1S/C19H20N4O4S/c1-2-5-13(6-3-1)9-25-16-11-27-17-15(10-26-18(16)17)23-19(20-21-22-23)28-12-14-7-4-8-24-14/h1-8,15-18H,9-12H2/t15-,16-,17-,18+/m0/s1. The molecule has 2 saturated heterocycles. The van der Waals surface area contributed by atoms with Crippen molar-refractivity contribution in [1.82, 2.24) is 20.2 Å². The summed E-state index contributed by atoms with van der Waals surface area (Å²) < 4.78 is 25.3. The molecule has 2 aliphatic rings. The predicted octanol–water partition coefficient (Wildman–Crippen LogP) is 2.48. The number of rotatable bonds is 7. The lowest BCUT2D eigenvalue weighted by atomic mass is 10.1. The smallest absolute Gasteiger partial charge is 0.210 e. The molecule has 0 spiro atoms. The first kappa shape index (κ1) is 17.9. The fourth-order valence-electron chi connectivity index (χ4n) is 3.59. The minimum absolute atomic E-state index is 0.0653. The number of benzene rings is 1. The molecule has 0 unspecified atom stereocenters. The number of ether oxygens (including phenoxy) is 3. The molecule has 3 aromatic rings. The summed E-state index contributed by atoms with van der Waals surface area (Å²) in [5, 5.41) is 12.9. The van der Waals surface area contributed by atoms with Gasteiger partial charge in [-0.2, -0.15) is 0 Å². The van der Waals surface area contributed by atoms with E-state index in [0.29, 0.717) is 25.6 Å². The minimum Gasteiger partial charge on any atom is -0.468 e. The Morgan fingerprint density at radius 3 is 2.82 bits per heavy atom. The van der Waals surface area contributed by atoms with E-state index in [1.807, 2.05) is 30.3 Å². The van der Waals surface area contributed by atoms with Gasteiger partial charge in [-0.3, -0.25) is 0 Å². The van der Waals surface area contributed by atoms with Gasteiger partial charge in [-0.1, -0.05) is 42.1 Å². The number of furan rings is 1. The lowest BCUT2D eigenvalue weighted by Gasteiger charge is -2.17. The van der Waals surface area contributed by atoms with E-state index >= 15 is 0 Å². The first-order chi connectivity index (χ1) is 13.9. The monoisotopic (exact) mass is 400 g/mol. The Hall–Kier alpha value is -2.20. The van der Waals surface area contributed by atoms with Crippen LogP contribution in [-0.2, 0) is 26.6 Å². The van der Waals surface area contributed by atoms with E-state index in [1.165, 1.54) is 11.8 Å². The van der Waals surface area contributed by atoms with Gasteiger partial charge >= 0.3 is 0 Å². The van der Waals surface area contributed by atoms with Crippen LogP contribution in [0.5, 0.6) is 0 Å². The van der Waals surface area contributed by atoms with E-state index in [4.69, 9.17) is 18.6 Å². The molecule has 28 heavy (non-hydrogen) atoms. The lowest BCUT2D eigenvalue weighted by molar-refractivity contribution is -0.0401. The van der Waals surface area contributed by atoms with Crippen molar-refractivity contribution in [2.75, 3.05) is 13.2 Å². The largest absolute Gasteiger partial charge is 0.468 e. The number of hydrogen-bond donors (Lipinski definition) is 0. The SMILES string of the molecule is c1ccc(CO[C@H]2CO[C@@H]3[C@@H]2OC[C@@H]3n2nnnc2SCc2ccco2)cc1. The van der Waals surface area contributed by atoms with E-state index < -0.39 is 0 Å². The third-order valence-electron chi connectivity index (χ3n) is 4.99. The molecule has 2 fully saturated rings. The van der Waals surface area contributed by atoms with Gasteiger partial charge in [0.25, 0.3) is 0 Å². The molecule has 0 N–H and O–H groups in total. The summed E-state index contributed by atoms with van der Waals surface area (Å²) in [5.41, 5.74) is 1.14. The Bertz CT molecular complexity index is 888. The van der Waals surface area contributed by atoms with Crippen molar-refractivity contribution in [1.29, 1.82) is 0 Å². The van der Waals surface area contributed by atoms with Crippen LogP contribution in [0.15, 0.2) is 58.3 Å². The normalized spacial score (nSPS) is 26.6. The molecular weight excluding hydrogens is 380 g/mol. The maximum atomic E-state index is 6.07. The second-order valence-corrected chi connectivity index (χ2v) is 7.71. The van der Waals surface area contributed by atoms with E-state index in [0.717, 1.165) is 16.5 Å². The first-order valence-electron chi connectivity index (χ1n) is 9.20. The van der Waals surface area contributed by atoms with Crippen LogP contribution >= 0.6 is 11.8 Å². The van der Waals surface area contributed by atoms with Gasteiger partial charge in [-0.15, -0.1) is 5.10 Å². The van der Waals surface area contributed by atoms with Crippen molar-refractivity contribution < 1.29 is 18.6 Å². The summed E-state index contributed by atoms with van der Waals surface area (Å²) >= 11 is 1.53. The maximum absolute atomic E-state index is 6.07. The Morgan fingerprint density at radius 2 is 1.96 bits per heavy atom. The van der Waals surface area contributed by atoms with Gasteiger partial charge in [-0.25, -0.2) is 4.68 Å². The summed E-state index contributed by atoms with van der Waals surface area (Å²) in [4.78, 5) is 0. The van der Waals surface area contributed by atoms with Gasteiger partial charge in [0.2, 0.25) is 5.16 Å². The number of tetrazole rings is 1. The van der Waals surface area contributed by atoms with Gasteiger partial charge in [0.1, 0.15) is 30.1 Å². The van der Waals surface area contributed by atoms with Crippen molar-refractivity contribution >= 4 is 11.8 Å². The third kappa shape index (κ3) is 3.58. The number of nitrogens with zero attached hydrogens (tertiary/aromatic N) is 4. The molecule has 4 atom stereocenters. The summed E-state index contributed by atoms with van der Waals surface area (Å²) in [6.07, 6.45) is 1.34. The molecule has 5 rings (SSSR count). The number of fused-ring (bicyclic) bond motifs is 1. The van der Waals surface area contributed by atoms with Gasteiger partial charge < -0.3 is 18.6 Å². The van der Waals surface area contributed by atoms with Crippen molar-refractivity contribution in [3.05, 3.63) is 60.1 Å². The Kier molecular flexibility index (Phi) is 5.13.